The number of furan rings is 1. The molecular weight excluding hydrogens is 376 g/mol. The monoisotopic (exact) mass is 396 g/mol. The quantitative estimate of drug-likeness (QED) is 0.400. The molecule has 0 saturated carbocycles. The van der Waals surface area contributed by atoms with Crippen molar-refractivity contribution in [3.05, 3.63) is 54.1 Å². The predicted molar refractivity (Wildman–Crippen MR) is 106 cm³/mol. The van der Waals surface area contributed by atoms with E-state index >= 15 is 0 Å². The number of rotatable bonds is 5. The molecule has 0 fully saturated rings. The molecule has 8 nitrogen and oxygen atoms in total. The molecule has 3 aromatic heterocycles. The molecular formula is C19H20N6O2S. The summed E-state index contributed by atoms with van der Waals surface area (Å²) in [5.74, 6) is 8.64. The van der Waals surface area contributed by atoms with Crippen LogP contribution < -0.4 is 5.84 Å². The molecule has 0 spiro atoms. The van der Waals surface area contributed by atoms with Gasteiger partial charge >= 0.3 is 0 Å². The highest BCUT2D eigenvalue weighted by Gasteiger charge is 2.17. The van der Waals surface area contributed by atoms with Crippen molar-refractivity contribution in [1.82, 2.24) is 25.0 Å². The van der Waals surface area contributed by atoms with Gasteiger partial charge in [-0.25, -0.2) is 4.68 Å². The summed E-state index contributed by atoms with van der Waals surface area (Å²) in [6.45, 7) is 6.53. The Bertz CT molecular complexity index is 1060. The Morgan fingerprint density at radius 3 is 2.57 bits per heavy atom. The first kappa shape index (κ1) is 18.3. The van der Waals surface area contributed by atoms with Gasteiger partial charge in [-0.2, -0.15) is 4.98 Å². The summed E-state index contributed by atoms with van der Waals surface area (Å²) < 4.78 is 12.0. The zero-order chi connectivity index (χ0) is 19.7. The Balaban J connectivity index is 1.47. The normalized spacial score (nSPS) is 11.8. The second-order valence-electron chi connectivity index (χ2n) is 7.28. The molecule has 0 aliphatic heterocycles. The number of thioether (sulfide) groups is 1. The van der Waals surface area contributed by atoms with E-state index in [1.807, 2.05) is 12.1 Å². The van der Waals surface area contributed by atoms with Gasteiger partial charge in [-0.3, -0.25) is 0 Å². The first-order valence-corrected chi connectivity index (χ1v) is 9.71. The van der Waals surface area contributed by atoms with Gasteiger partial charge < -0.3 is 14.8 Å². The molecule has 4 aromatic rings. The third-order valence-electron chi connectivity index (χ3n) is 4.21. The molecule has 0 unspecified atom stereocenters. The average molecular weight is 396 g/mol. The molecule has 4 rings (SSSR count). The highest BCUT2D eigenvalue weighted by molar-refractivity contribution is 7.98. The second-order valence-corrected chi connectivity index (χ2v) is 8.22. The van der Waals surface area contributed by atoms with Gasteiger partial charge in [0.15, 0.2) is 11.6 Å². The lowest BCUT2D eigenvalue weighted by atomic mass is 9.87. The van der Waals surface area contributed by atoms with Gasteiger partial charge in [-0.15, -0.1) is 10.2 Å². The second kappa shape index (κ2) is 7.16. The number of benzene rings is 1. The van der Waals surface area contributed by atoms with Crippen LogP contribution >= 0.6 is 11.8 Å². The molecule has 2 N–H and O–H groups in total. The number of hydrogen-bond donors (Lipinski definition) is 1. The van der Waals surface area contributed by atoms with Crippen LogP contribution in [0.3, 0.4) is 0 Å². The SMILES string of the molecule is CC(C)(C)c1ccc(-c2nnc(SCc3nc(-c4ccco4)no3)n2N)cc1. The van der Waals surface area contributed by atoms with Crippen LogP contribution in [0.15, 0.2) is 56.8 Å². The molecule has 9 heteroatoms. The summed E-state index contributed by atoms with van der Waals surface area (Å²) in [5, 5.41) is 12.9. The topological polar surface area (TPSA) is 109 Å². The van der Waals surface area contributed by atoms with Crippen molar-refractivity contribution in [3.63, 3.8) is 0 Å². The van der Waals surface area contributed by atoms with Gasteiger partial charge in [-0.1, -0.05) is 62.0 Å². The fourth-order valence-corrected chi connectivity index (χ4v) is 3.33. The summed E-state index contributed by atoms with van der Waals surface area (Å²) in [6, 6.07) is 11.7. The number of hydrogen-bond acceptors (Lipinski definition) is 8. The van der Waals surface area contributed by atoms with Crippen LogP contribution in [0.25, 0.3) is 23.0 Å². The van der Waals surface area contributed by atoms with Crippen LogP contribution in [0, 0.1) is 0 Å². The molecule has 0 atom stereocenters. The molecule has 3 heterocycles. The van der Waals surface area contributed by atoms with Crippen LogP contribution in [0.5, 0.6) is 0 Å². The molecule has 0 aliphatic carbocycles. The summed E-state index contributed by atoms with van der Waals surface area (Å²) in [7, 11) is 0. The van der Waals surface area contributed by atoms with Crippen LogP contribution in [0.4, 0.5) is 0 Å². The van der Waals surface area contributed by atoms with E-state index in [1.165, 1.54) is 22.0 Å². The van der Waals surface area contributed by atoms with Crippen LogP contribution in [-0.2, 0) is 11.2 Å². The van der Waals surface area contributed by atoms with E-state index in [9.17, 15) is 0 Å². The van der Waals surface area contributed by atoms with Gasteiger partial charge in [0, 0.05) is 5.56 Å². The average Bonchev–Trinajstić information content (AvgIpc) is 3.40. The van der Waals surface area contributed by atoms with Crippen molar-refractivity contribution < 1.29 is 8.94 Å². The maximum Gasteiger partial charge on any atom is 0.238 e. The van der Waals surface area contributed by atoms with Crippen LogP contribution in [-0.4, -0.2) is 25.0 Å². The third-order valence-corrected chi connectivity index (χ3v) is 5.14. The molecule has 144 valence electrons. The van der Waals surface area contributed by atoms with E-state index in [0.29, 0.717) is 34.2 Å². The molecule has 0 radical (unpaired) electrons. The van der Waals surface area contributed by atoms with Crippen molar-refractivity contribution in [1.29, 1.82) is 0 Å². The molecule has 0 aliphatic rings. The van der Waals surface area contributed by atoms with Crippen LogP contribution in [0.2, 0.25) is 0 Å². The van der Waals surface area contributed by atoms with E-state index < -0.39 is 0 Å². The maximum atomic E-state index is 6.19. The third kappa shape index (κ3) is 3.65. The first-order chi connectivity index (χ1) is 13.4. The van der Waals surface area contributed by atoms with E-state index in [-0.39, 0.29) is 5.41 Å². The minimum Gasteiger partial charge on any atom is -0.461 e. The zero-order valence-corrected chi connectivity index (χ0v) is 16.6. The van der Waals surface area contributed by atoms with Crippen molar-refractivity contribution in [3.8, 4) is 23.0 Å². The van der Waals surface area contributed by atoms with E-state index in [4.69, 9.17) is 14.8 Å². The fourth-order valence-electron chi connectivity index (χ4n) is 2.64. The van der Waals surface area contributed by atoms with E-state index in [2.05, 4.69) is 53.2 Å². The Kier molecular flexibility index (Phi) is 4.68. The number of nitrogen functional groups attached to an aromatic ring is 1. The summed E-state index contributed by atoms with van der Waals surface area (Å²) in [4.78, 5) is 4.30. The number of aromatic nitrogens is 5. The molecule has 0 saturated heterocycles. The predicted octanol–water partition coefficient (Wildman–Crippen LogP) is 3.89. The van der Waals surface area contributed by atoms with Crippen molar-refractivity contribution in [2.24, 2.45) is 0 Å². The van der Waals surface area contributed by atoms with Crippen molar-refractivity contribution in [2.75, 3.05) is 5.84 Å². The van der Waals surface area contributed by atoms with Crippen molar-refractivity contribution in [2.45, 2.75) is 37.1 Å². The fraction of sp³-hybridized carbons (Fsp3) is 0.263. The van der Waals surface area contributed by atoms with E-state index in [1.54, 1.807) is 18.4 Å². The van der Waals surface area contributed by atoms with E-state index in [0.717, 1.165) is 5.56 Å². The highest BCUT2D eigenvalue weighted by atomic mass is 32.2. The summed E-state index contributed by atoms with van der Waals surface area (Å²) >= 11 is 1.37. The Hall–Kier alpha value is -3.07. The molecule has 0 amide bonds. The van der Waals surface area contributed by atoms with Crippen molar-refractivity contribution >= 4 is 11.8 Å². The smallest absolute Gasteiger partial charge is 0.238 e. The maximum absolute atomic E-state index is 6.19. The van der Waals surface area contributed by atoms with Gasteiger partial charge in [0.2, 0.25) is 16.9 Å². The Morgan fingerprint density at radius 2 is 1.89 bits per heavy atom. The standard InChI is InChI=1S/C19H20N6O2S/c1-19(2,3)13-8-6-12(7-9-13)17-22-23-18(25(17)20)28-11-15-21-16(24-27-15)14-5-4-10-26-14/h4-10H,11,20H2,1-3H3. The minimum absolute atomic E-state index is 0.0918. The van der Waals surface area contributed by atoms with Gasteiger partial charge in [0.25, 0.3) is 0 Å². The van der Waals surface area contributed by atoms with Crippen LogP contribution in [0.1, 0.15) is 32.2 Å². The lowest BCUT2D eigenvalue weighted by Gasteiger charge is -2.19. The lowest BCUT2D eigenvalue weighted by molar-refractivity contribution is 0.390. The first-order valence-electron chi connectivity index (χ1n) is 8.72. The minimum atomic E-state index is 0.0918. The van der Waals surface area contributed by atoms with Gasteiger partial charge in [0.05, 0.1) is 12.0 Å². The molecule has 28 heavy (non-hydrogen) atoms. The van der Waals surface area contributed by atoms with Gasteiger partial charge in [0.1, 0.15) is 0 Å². The summed E-state index contributed by atoms with van der Waals surface area (Å²) in [5.41, 5.74) is 2.25. The largest absolute Gasteiger partial charge is 0.461 e. The highest BCUT2D eigenvalue weighted by Crippen LogP contribution is 2.27. The van der Waals surface area contributed by atoms with Gasteiger partial charge in [-0.05, 0) is 23.1 Å². The zero-order valence-electron chi connectivity index (χ0n) is 15.8. The lowest BCUT2D eigenvalue weighted by Crippen LogP contribution is -2.12. The molecule has 0 bridgehead atoms. The Labute approximate surface area is 166 Å². The number of nitrogens with zero attached hydrogens (tertiary/aromatic N) is 5. The summed E-state index contributed by atoms with van der Waals surface area (Å²) in [6.07, 6.45) is 1.56. The molecule has 1 aromatic carbocycles. The Morgan fingerprint density at radius 1 is 1.11 bits per heavy atom. The number of nitrogens with two attached hydrogens (primary N) is 1.